The van der Waals surface area contributed by atoms with Gasteiger partial charge < -0.3 is 10.5 Å². The van der Waals surface area contributed by atoms with Crippen LogP contribution in [0.2, 0.25) is 0 Å². The SMILES string of the molecule is C=CO/C(=C\C)C(=O)NNc1nc(N)nc(CC)c1C=O. The number of amides is 1. The second-order valence-electron chi connectivity index (χ2n) is 3.78. The summed E-state index contributed by atoms with van der Waals surface area (Å²) in [5.74, 6) is -0.382. The highest BCUT2D eigenvalue weighted by Crippen LogP contribution is 2.15. The van der Waals surface area contributed by atoms with Gasteiger partial charge in [0.1, 0.15) is 0 Å². The van der Waals surface area contributed by atoms with E-state index in [-0.39, 0.29) is 23.1 Å². The number of anilines is 2. The van der Waals surface area contributed by atoms with Crippen molar-refractivity contribution in [3.63, 3.8) is 0 Å². The van der Waals surface area contributed by atoms with Crippen LogP contribution >= 0.6 is 0 Å². The lowest BCUT2D eigenvalue weighted by atomic mass is 10.2. The highest BCUT2D eigenvalue weighted by Gasteiger charge is 2.14. The van der Waals surface area contributed by atoms with Crippen LogP contribution < -0.4 is 16.6 Å². The molecule has 21 heavy (non-hydrogen) atoms. The highest BCUT2D eigenvalue weighted by atomic mass is 16.5. The minimum absolute atomic E-state index is 0.00259. The molecule has 0 radical (unpaired) electrons. The number of aromatic nitrogens is 2. The van der Waals surface area contributed by atoms with Crippen LogP contribution in [0.3, 0.4) is 0 Å². The van der Waals surface area contributed by atoms with Gasteiger partial charge >= 0.3 is 5.91 Å². The molecule has 8 heteroatoms. The van der Waals surface area contributed by atoms with Crippen LogP contribution in [0.25, 0.3) is 0 Å². The summed E-state index contributed by atoms with van der Waals surface area (Å²) >= 11 is 0. The Balaban J connectivity index is 2.93. The Bertz CT molecular complexity index is 583. The summed E-state index contributed by atoms with van der Waals surface area (Å²) < 4.78 is 4.91. The molecule has 0 aromatic carbocycles. The average Bonchev–Trinajstić information content (AvgIpc) is 2.49. The summed E-state index contributed by atoms with van der Waals surface area (Å²) in [6.07, 6.45) is 3.70. The van der Waals surface area contributed by atoms with Gasteiger partial charge in [-0.2, -0.15) is 4.98 Å². The van der Waals surface area contributed by atoms with Crippen molar-refractivity contribution in [2.45, 2.75) is 20.3 Å². The number of aldehydes is 1. The Morgan fingerprint density at radius 3 is 2.71 bits per heavy atom. The number of rotatable bonds is 7. The molecule has 0 saturated heterocycles. The van der Waals surface area contributed by atoms with Crippen molar-refractivity contribution in [2.75, 3.05) is 11.2 Å². The first-order chi connectivity index (χ1) is 10.1. The first-order valence-electron chi connectivity index (χ1n) is 6.19. The van der Waals surface area contributed by atoms with Crippen LogP contribution in [0, 0.1) is 0 Å². The number of carbonyl (C=O) groups is 2. The van der Waals surface area contributed by atoms with Gasteiger partial charge in [-0.05, 0) is 19.4 Å². The van der Waals surface area contributed by atoms with E-state index in [9.17, 15) is 9.59 Å². The van der Waals surface area contributed by atoms with Gasteiger partial charge in [-0.3, -0.25) is 20.4 Å². The molecule has 8 nitrogen and oxygen atoms in total. The molecule has 1 rings (SSSR count). The van der Waals surface area contributed by atoms with Crippen molar-refractivity contribution < 1.29 is 14.3 Å². The second-order valence-corrected chi connectivity index (χ2v) is 3.78. The quantitative estimate of drug-likeness (QED) is 0.296. The molecule has 0 aliphatic rings. The number of ether oxygens (including phenoxy) is 1. The Morgan fingerprint density at radius 1 is 1.48 bits per heavy atom. The number of nitrogens with two attached hydrogens (primary N) is 1. The third-order valence-electron chi connectivity index (χ3n) is 2.49. The van der Waals surface area contributed by atoms with Gasteiger partial charge in [0.2, 0.25) is 5.95 Å². The van der Waals surface area contributed by atoms with Gasteiger partial charge in [0.05, 0.1) is 17.5 Å². The van der Waals surface area contributed by atoms with E-state index in [0.717, 1.165) is 6.26 Å². The van der Waals surface area contributed by atoms with E-state index in [1.54, 1.807) is 6.92 Å². The largest absolute Gasteiger partial charge is 0.460 e. The lowest BCUT2D eigenvalue weighted by molar-refractivity contribution is -0.119. The fourth-order valence-electron chi connectivity index (χ4n) is 1.54. The number of nitrogens with zero attached hydrogens (tertiary/aromatic N) is 2. The molecule has 1 aromatic rings. The summed E-state index contributed by atoms with van der Waals surface area (Å²) in [5, 5.41) is 0. The number of nitrogens with one attached hydrogen (secondary N) is 2. The zero-order valence-corrected chi connectivity index (χ0v) is 11.8. The number of allylic oxidation sites excluding steroid dienone is 1. The van der Waals surface area contributed by atoms with Crippen molar-refractivity contribution in [1.82, 2.24) is 15.4 Å². The van der Waals surface area contributed by atoms with Gasteiger partial charge in [-0.1, -0.05) is 13.5 Å². The smallest absolute Gasteiger partial charge is 0.304 e. The Morgan fingerprint density at radius 2 is 2.19 bits per heavy atom. The summed E-state index contributed by atoms with van der Waals surface area (Å²) in [6.45, 7) is 6.82. The molecule has 0 unspecified atom stereocenters. The monoisotopic (exact) mass is 291 g/mol. The summed E-state index contributed by atoms with van der Waals surface area (Å²) in [7, 11) is 0. The zero-order valence-electron chi connectivity index (χ0n) is 11.8. The van der Waals surface area contributed by atoms with Crippen LogP contribution in [0.5, 0.6) is 0 Å². The maximum absolute atomic E-state index is 11.8. The molecule has 1 aromatic heterocycles. The first-order valence-corrected chi connectivity index (χ1v) is 6.19. The third-order valence-corrected chi connectivity index (χ3v) is 2.49. The molecule has 0 fully saturated rings. The molecule has 0 aliphatic heterocycles. The Kier molecular flexibility index (Phi) is 5.87. The van der Waals surface area contributed by atoms with Crippen LogP contribution in [0.1, 0.15) is 29.9 Å². The predicted octanol–water partition coefficient (Wildman–Crippen LogP) is 0.941. The van der Waals surface area contributed by atoms with Crippen LogP contribution in [-0.4, -0.2) is 22.2 Å². The molecular formula is C13H17N5O3. The molecule has 0 bridgehead atoms. The summed E-state index contributed by atoms with van der Waals surface area (Å²) in [5.41, 5.74) is 11.2. The number of nitrogen functional groups attached to an aromatic ring is 1. The lowest BCUT2D eigenvalue weighted by Crippen LogP contribution is -2.32. The number of aryl methyl sites for hydroxylation is 1. The molecule has 0 atom stereocenters. The molecule has 0 saturated carbocycles. The van der Waals surface area contributed by atoms with E-state index in [0.29, 0.717) is 18.4 Å². The van der Waals surface area contributed by atoms with E-state index in [1.165, 1.54) is 6.08 Å². The minimum Gasteiger partial charge on any atom is -0.460 e. The van der Waals surface area contributed by atoms with Crippen molar-refractivity contribution in [2.24, 2.45) is 0 Å². The van der Waals surface area contributed by atoms with Gasteiger partial charge in [-0.25, -0.2) is 4.98 Å². The Hall–Kier alpha value is -2.90. The standard InChI is InChI=1S/C13H17N5O3/c1-4-9-8(7-19)11(16-13(14)15-9)17-18-12(20)10(5-2)21-6-3/h5-7H,3-4H2,1-2H3,(H,18,20)(H3,14,15,16,17)/b10-5-. The summed E-state index contributed by atoms with van der Waals surface area (Å²) in [6, 6.07) is 0. The second kappa shape index (κ2) is 7.63. The van der Waals surface area contributed by atoms with E-state index in [2.05, 4.69) is 27.4 Å². The van der Waals surface area contributed by atoms with Crippen molar-refractivity contribution >= 4 is 24.0 Å². The molecule has 0 spiro atoms. The molecular weight excluding hydrogens is 274 g/mol. The van der Waals surface area contributed by atoms with Crippen molar-refractivity contribution in [1.29, 1.82) is 0 Å². The van der Waals surface area contributed by atoms with Crippen LogP contribution in [-0.2, 0) is 16.0 Å². The van der Waals surface area contributed by atoms with E-state index < -0.39 is 5.91 Å². The van der Waals surface area contributed by atoms with E-state index in [4.69, 9.17) is 10.5 Å². The zero-order chi connectivity index (χ0) is 15.8. The van der Waals surface area contributed by atoms with Gasteiger partial charge in [0.25, 0.3) is 0 Å². The van der Waals surface area contributed by atoms with Crippen LogP contribution in [0.4, 0.5) is 11.8 Å². The number of hydrazine groups is 1. The fourth-order valence-corrected chi connectivity index (χ4v) is 1.54. The minimum atomic E-state index is -0.551. The molecule has 4 N–H and O–H groups in total. The van der Waals surface area contributed by atoms with E-state index in [1.807, 2.05) is 6.92 Å². The molecule has 0 aliphatic carbocycles. The lowest BCUT2D eigenvalue weighted by Gasteiger charge is -2.12. The normalized spacial score (nSPS) is 10.7. The predicted molar refractivity (Wildman–Crippen MR) is 78.0 cm³/mol. The van der Waals surface area contributed by atoms with Crippen molar-refractivity contribution in [3.05, 3.63) is 35.9 Å². The maximum Gasteiger partial charge on any atom is 0.304 e. The Labute approximate surface area is 122 Å². The van der Waals surface area contributed by atoms with Gasteiger partial charge in [0.15, 0.2) is 17.9 Å². The summed E-state index contributed by atoms with van der Waals surface area (Å²) in [4.78, 5) is 30.8. The number of hydrogen-bond donors (Lipinski definition) is 3. The number of hydrogen-bond acceptors (Lipinski definition) is 7. The number of carbonyl (C=O) groups excluding carboxylic acids is 2. The highest BCUT2D eigenvalue weighted by molar-refractivity contribution is 5.93. The van der Waals surface area contributed by atoms with Gasteiger partial charge in [0, 0.05) is 0 Å². The third kappa shape index (κ3) is 4.03. The topological polar surface area (TPSA) is 119 Å². The average molecular weight is 291 g/mol. The molecule has 1 heterocycles. The maximum atomic E-state index is 11.8. The van der Waals surface area contributed by atoms with Crippen molar-refractivity contribution in [3.8, 4) is 0 Å². The first kappa shape index (κ1) is 16.2. The van der Waals surface area contributed by atoms with Gasteiger partial charge in [-0.15, -0.1) is 0 Å². The fraction of sp³-hybridized carbons (Fsp3) is 0.231. The van der Waals surface area contributed by atoms with Crippen LogP contribution in [0.15, 0.2) is 24.7 Å². The molecule has 1 amide bonds. The molecule has 112 valence electrons. The van der Waals surface area contributed by atoms with E-state index >= 15 is 0 Å².